The van der Waals surface area contributed by atoms with E-state index >= 15 is 0 Å². The summed E-state index contributed by atoms with van der Waals surface area (Å²) in [4.78, 5) is 5.71. The molecule has 0 spiro atoms. The van der Waals surface area contributed by atoms with Crippen LogP contribution in [0.3, 0.4) is 0 Å². The summed E-state index contributed by atoms with van der Waals surface area (Å²) in [5.74, 6) is 1.45. The quantitative estimate of drug-likeness (QED) is 0.489. The number of hydrogen-bond acceptors (Lipinski definition) is 6. The standard InChI is InChI=1S/C20H18N2O2S2/c1-3-23-16-8-7-14(18(11-16)24-4-2)10-15(12-21)20-22-17(13-26-20)19-6-5-9-25-19/h5-11,13H,3-4H2,1-2H3/b15-10-. The van der Waals surface area contributed by atoms with Crippen molar-refractivity contribution in [2.45, 2.75) is 13.8 Å². The molecule has 3 rings (SSSR count). The first-order valence-electron chi connectivity index (χ1n) is 8.26. The molecule has 0 saturated carbocycles. The van der Waals surface area contributed by atoms with E-state index < -0.39 is 0 Å². The smallest absolute Gasteiger partial charge is 0.134 e. The Hall–Kier alpha value is -2.62. The van der Waals surface area contributed by atoms with Gasteiger partial charge in [0.25, 0.3) is 0 Å². The van der Waals surface area contributed by atoms with Crippen LogP contribution in [-0.2, 0) is 0 Å². The normalized spacial score (nSPS) is 11.2. The van der Waals surface area contributed by atoms with Crippen LogP contribution in [-0.4, -0.2) is 18.2 Å². The zero-order valence-corrected chi connectivity index (χ0v) is 16.2. The predicted molar refractivity (Wildman–Crippen MR) is 108 cm³/mol. The van der Waals surface area contributed by atoms with Gasteiger partial charge >= 0.3 is 0 Å². The van der Waals surface area contributed by atoms with Crippen LogP contribution in [0.5, 0.6) is 11.5 Å². The van der Waals surface area contributed by atoms with Gasteiger partial charge in [0.1, 0.15) is 22.6 Å². The Morgan fingerprint density at radius 2 is 2.04 bits per heavy atom. The molecule has 0 radical (unpaired) electrons. The summed E-state index contributed by atoms with van der Waals surface area (Å²) < 4.78 is 11.3. The molecule has 2 aromatic heterocycles. The largest absolute Gasteiger partial charge is 0.494 e. The molecule has 0 saturated heterocycles. The van der Waals surface area contributed by atoms with Crippen LogP contribution in [0.2, 0.25) is 0 Å². The molecule has 132 valence electrons. The molecule has 6 heteroatoms. The fraction of sp³-hybridized carbons (Fsp3) is 0.200. The van der Waals surface area contributed by atoms with Crippen LogP contribution in [0.4, 0.5) is 0 Å². The van der Waals surface area contributed by atoms with Crippen LogP contribution < -0.4 is 9.47 Å². The molecule has 0 aliphatic heterocycles. The molecule has 4 nitrogen and oxygen atoms in total. The highest BCUT2D eigenvalue weighted by Gasteiger charge is 2.12. The van der Waals surface area contributed by atoms with E-state index in [2.05, 4.69) is 11.1 Å². The topological polar surface area (TPSA) is 55.1 Å². The summed E-state index contributed by atoms with van der Waals surface area (Å²) in [6.45, 7) is 5.00. The SMILES string of the molecule is CCOc1ccc(/C=C(/C#N)c2nc(-c3cccs3)cs2)c(OCC)c1. The number of ether oxygens (including phenoxy) is 2. The van der Waals surface area contributed by atoms with Crippen molar-refractivity contribution in [3.8, 4) is 28.1 Å². The predicted octanol–water partition coefficient (Wildman–Crippen LogP) is 5.73. The van der Waals surface area contributed by atoms with Gasteiger partial charge in [0.05, 0.1) is 29.4 Å². The monoisotopic (exact) mass is 382 g/mol. The number of nitriles is 1. The van der Waals surface area contributed by atoms with E-state index in [4.69, 9.17) is 9.47 Å². The van der Waals surface area contributed by atoms with Crippen LogP contribution in [0.1, 0.15) is 24.4 Å². The highest BCUT2D eigenvalue weighted by molar-refractivity contribution is 7.14. The lowest BCUT2D eigenvalue weighted by molar-refractivity contribution is 0.322. The van der Waals surface area contributed by atoms with E-state index in [1.54, 1.807) is 11.3 Å². The third kappa shape index (κ3) is 4.13. The molecule has 0 unspecified atom stereocenters. The number of thiazole rings is 1. The summed E-state index contributed by atoms with van der Waals surface area (Å²) in [7, 11) is 0. The number of allylic oxidation sites excluding steroid dienone is 1. The van der Waals surface area contributed by atoms with Gasteiger partial charge in [0, 0.05) is 17.0 Å². The second-order valence-corrected chi connectivity index (χ2v) is 7.06. The Balaban J connectivity index is 1.95. The highest BCUT2D eigenvalue weighted by atomic mass is 32.1. The molecule has 0 fully saturated rings. The van der Waals surface area contributed by atoms with Gasteiger partial charge in [-0.25, -0.2) is 4.98 Å². The number of thiophene rings is 1. The van der Waals surface area contributed by atoms with Gasteiger partial charge in [-0.1, -0.05) is 6.07 Å². The first-order chi connectivity index (χ1) is 12.7. The highest BCUT2D eigenvalue weighted by Crippen LogP contribution is 2.32. The van der Waals surface area contributed by atoms with Crippen molar-refractivity contribution in [3.05, 3.63) is 51.7 Å². The lowest BCUT2D eigenvalue weighted by Crippen LogP contribution is -1.97. The Morgan fingerprint density at radius 1 is 1.19 bits per heavy atom. The average Bonchev–Trinajstić information content (AvgIpc) is 3.33. The van der Waals surface area contributed by atoms with Gasteiger partial charge in [-0.15, -0.1) is 22.7 Å². The molecule has 0 atom stereocenters. The Bertz CT molecular complexity index is 937. The van der Waals surface area contributed by atoms with Gasteiger partial charge in [0.15, 0.2) is 0 Å². The van der Waals surface area contributed by atoms with Crippen LogP contribution >= 0.6 is 22.7 Å². The molecular weight excluding hydrogens is 364 g/mol. The molecule has 0 aliphatic rings. The van der Waals surface area contributed by atoms with E-state index in [-0.39, 0.29) is 0 Å². The molecule has 26 heavy (non-hydrogen) atoms. The minimum atomic E-state index is 0.517. The van der Waals surface area contributed by atoms with Gasteiger partial charge < -0.3 is 9.47 Å². The number of rotatable bonds is 7. The van der Waals surface area contributed by atoms with Crippen LogP contribution in [0.25, 0.3) is 22.2 Å². The molecule has 3 aromatic rings. The van der Waals surface area contributed by atoms with Crippen LogP contribution in [0, 0.1) is 11.3 Å². The van der Waals surface area contributed by atoms with E-state index in [1.165, 1.54) is 11.3 Å². The second-order valence-electron chi connectivity index (χ2n) is 5.25. The zero-order chi connectivity index (χ0) is 18.4. The van der Waals surface area contributed by atoms with Gasteiger partial charge in [-0.2, -0.15) is 5.26 Å². The molecule has 0 N–H and O–H groups in total. The molecule has 0 amide bonds. The van der Waals surface area contributed by atoms with Crippen molar-refractivity contribution in [1.29, 1.82) is 5.26 Å². The average molecular weight is 383 g/mol. The maximum absolute atomic E-state index is 9.63. The van der Waals surface area contributed by atoms with Crippen molar-refractivity contribution in [1.82, 2.24) is 4.98 Å². The summed E-state index contributed by atoms with van der Waals surface area (Å²) >= 11 is 3.11. The van der Waals surface area contributed by atoms with Crippen molar-refractivity contribution in [2.24, 2.45) is 0 Å². The number of benzene rings is 1. The minimum absolute atomic E-state index is 0.517. The maximum atomic E-state index is 9.63. The maximum Gasteiger partial charge on any atom is 0.134 e. The summed E-state index contributed by atoms with van der Waals surface area (Å²) in [6.07, 6.45) is 1.82. The van der Waals surface area contributed by atoms with Crippen molar-refractivity contribution < 1.29 is 9.47 Å². The lowest BCUT2D eigenvalue weighted by atomic mass is 10.1. The van der Waals surface area contributed by atoms with Crippen molar-refractivity contribution >= 4 is 34.3 Å². The molecular formula is C20H18N2O2S2. The number of aromatic nitrogens is 1. The molecule has 0 bridgehead atoms. The van der Waals surface area contributed by atoms with Crippen molar-refractivity contribution in [3.63, 3.8) is 0 Å². The molecule has 1 aromatic carbocycles. The fourth-order valence-electron chi connectivity index (χ4n) is 2.40. The van der Waals surface area contributed by atoms with E-state index in [1.807, 2.05) is 61.0 Å². The van der Waals surface area contributed by atoms with Gasteiger partial charge in [-0.3, -0.25) is 0 Å². The number of nitrogens with zero attached hydrogens (tertiary/aromatic N) is 2. The Labute approximate surface area is 161 Å². The first kappa shape index (κ1) is 18.2. The van der Waals surface area contributed by atoms with Crippen molar-refractivity contribution in [2.75, 3.05) is 13.2 Å². The fourth-order valence-corrected chi connectivity index (χ4v) is 3.95. The van der Waals surface area contributed by atoms with Crippen LogP contribution in [0.15, 0.2) is 41.1 Å². The summed E-state index contributed by atoms with van der Waals surface area (Å²) in [6, 6.07) is 11.9. The summed E-state index contributed by atoms with van der Waals surface area (Å²) in [5.41, 5.74) is 2.25. The zero-order valence-electron chi connectivity index (χ0n) is 14.6. The lowest BCUT2D eigenvalue weighted by Gasteiger charge is -2.10. The van der Waals surface area contributed by atoms with Gasteiger partial charge in [-0.05, 0) is 43.5 Å². The molecule has 2 heterocycles. The molecule has 0 aliphatic carbocycles. The Kier molecular flexibility index (Phi) is 6.05. The Morgan fingerprint density at radius 3 is 2.73 bits per heavy atom. The minimum Gasteiger partial charge on any atom is -0.494 e. The third-order valence-corrected chi connectivity index (χ3v) is 5.29. The first-order valence-corrected chi connectivity index (χ1v) is 10.0. The van der Waals surface area contributed by atoms with E-state index in [9.17, 15) is 5.26 Å². The van der Waals surface area contributed by atoms with Gasteiger partial charge in [0.2, 0.25) is 0 Å². The number of hydrogen-bond donors (Lipinski definition) is 0. The van der Waals surface area contributed by atoms with E-state index in [0.29, 0.717) is 29.5 Å². The van der Waals surface area contributed by atoms with E-state index in [0.717, 1.165) is 21.9 Å². The third-order valence-electron chi connectivity index (χ3n) is 3.52. The summed E-state index contributed by atoms with van der Waals surface area (Å²) in [5, 5.41) is 14.3. The second kappa shape index (κ2) is 8.65.